The van der Waals surface area contributed by atoms with Gasteiger partial charge in [0, 0.05) is 13.1 Å². The lowest BCUT2D eigenvalue weighted by Crippen LogP contribution is -2.50. The van der Waals surface area contributed by atoms with E-state index in [4.69, 9.17) is 0 Å². The number of rotatable bonds is 7. The molecule has 2 rings (SSSR count). The van der Waals surface area contributed by atoms with Crippen molar-refractivity contribution in [3.05, 3.63) is 35.6 Å². The van der Waals surface area contributed by atoms with Crippen LogP contribution >= 0.6 is 0 Å². The van der Waals surface area contributed by atoms with Crippen LogP contribution in [0.15, 0.2) is 24.3 Å². The molecule has 1 aromatic rings. The summed E-state index contributed by atoms with van der Waals surface area (Å²) in [7, 11) is 0. The average Bonchev–Trinajstić information content (AvgIpc) is 2.58. The second kappa shape index (κ2) is 8.94. The lowest BCUT2D eigenvalue weighted by atomic mass is 9.94. The number of hydrogen-bond acceptors (Lipinski definition) is 3. The van der Waals surface area contributed by atoms with Gasteiger partial charge in [-0.25, -0.2) is 9.18 Å². The van der Waals surface area contributed by atoms with Gasteiger partial charge in [0.1, 0.15) is 11.9 Å². The van der Waals surface area contributed by atoms with Crippen LogP contribution in [0.25, 0.3) is 0 Å². The molecule has 1 amide bonds. The summed E-state index contributed by atoms with van der Waals surface area (Å²) in [6.45, 7) is 5.75. The topological polar surface area (TPSA) is 69.6 Å². The predicted molar refractivity (Wildman–Crippen MR) is 93.4 cm³/mol. The predicted octanol–water partition coefficient (Wildman–Crippen LogP) is 2.65. The Labute approximate surface area is 148 Å². The van der Waals surface area contributed by atoms with Crippen LogP contribution in [-0.2, 0) is 16.1 Å². The zero-order chi connectivity index (χ0) is 18.4. The quantitative estimate of drug-likeness (QED) is 0.793. The van der Waals surface area contributed by atoms with Crippen molar-refractivity contribution in [3.63, 3.8) is 0 Å². The molecule has 1 aliphatic rings. The highest BCUT2D eigenvalue weighted by Gasteiger charge is 2.31. The van der Waals surface area contributed by atoms with Crippen molar-refractivity contribution >= 4 is 11.9 Å². The van der Waals surface area contributed by atoms with Crippen molar-refractivity contribution in [2.24, 2.45) is 11.8 Å². The summed E-state index contributed by atoms with van der Waals surface area (Å²) >= 11 is 0. The van der Waals surface area contributed by atoms with Crippen molar-refractivity contribution in [2.45, 2.75) is 45.7 Å². The zero-order valence-corrected chi connectivity index (χ0v) is 14.9. The van der Waals surface area contributed by atoms with Crippen LogP contribution in [0.1, 0.15) is 38.7 Å². The molecule has 0 saturated carbocycles. The molecule has 0 aromatic heterocycles. The van der Waals surface area contributed by atoms with Crippen molar-refractivity contribution < 1.29 is 19.1 Å². The van der Waals surface area contributed by atoms with Crippen molar-refractivity contribution in [2.75, 3.05) is 13.1 Å². The van der Waals surface area contributed by atoms with Crippen LogP contribution in [0.4, 0.5) is 4.39 Å². The maximum atomic E-state index is 13.3. The SMILES string of the molecule is CC[C@H](C)[C@H](NC(=O)C1CCCN(Cc2cccc(F)c2)C1)C(=O)O. The first-order chi connectivity index (χ1) is 11.9. The fourth-order valence-corrected chi connectivity index (χ4v) is 3.26. The Morgan fingerprint density at radius 3 is 2.84 bits per heavy atom. The number of halogens is 1. The number of nitrogens with one attached hydrogen (secondary N) is 1. The number of hydrogen-bond donors (Lipinski definition) is 2. The molecule has 1 heterocycles. The summed E-state index contributed by atoms with van der Waals surface area (Å²) in [5.41, 5.74) is 0.879. The monoisotopic (exact) mass is 350 g/mol. The second-order valence-electron chi connectivity index (χ2n) is 6.91. The first-order valence-electron chi connectivity index (χ1n) is 8.90. The number of aliphatic carboxylic acids is 1. The smallest absolute Gasteiger partial charge is 0.326 e. The van der Waals surface area contributed by atoms with E-state index in [1.54, 1.807) is 6.07 Å². The molecule has 25 heavy (non-hydrogen) atoms. The summed E-state index contributed by atoms with van der Waals surface area (Å²) in [5.74, 6) is -1.80. The van der Waals surface area contributed by atoms with Gasteiger partial charge in [0.2, 0.25) is 5.91 Å². The molecule has 3 atom stereocenters. The van der Waals surface area contributed by atoms with E-state index in [0.29, 0.717) is 19.5 Å². The fourth-order valence-electron chi connectivity index (χ4n) is 3.26. The number of carbonyl (C=O) groups is 2. The van der Waals surface area contributed by atoms with E-state index in [2.05, 4.69) is 10.2 Å². The fraction of sp³-hybridized carbons (Fsp3) is 0.579. The summed E-state index contributed by atoms with van der Waals surface area (Å²) in [6.07, 6.45) is 2.31. The van der Waals surface area contributed by atoms with Crippen LogP contribution < -0.4 is 5.32 Å². The number of piperidine rings is 1. The van der Waals surface area contributed by atoms with Gasteiger partial charge in [-0.3, -0.25) is 9.69 Å². The van der Waals surface area contributed by atoms with Crippen molar-refractivity contribution in [1.82, 2.24) is 10.2 Å². The van der Waals surface area contributed by atoms with E-state index in [-0.39, 0.29) is 23.6 Å². The summed E-state index contributed by atoms with van der Waals surface area (Å²) in [4.78, 5) is 26.0. The van der Waals surface area contributed by atoms with Gasteiger partial charge in [-0.1, -0.05) is 32.4 Å². The molecule has 1 saturated heterocycles. The zero-order valence-electron chi connectivity index (χ0n) is 14.9. The van der Waals surface area contributed by atoms with Crippen LogP contribution in [0.5, 0.6) is 0 Å². The molecule has 0 bridgehead atoms. The molecular formula is C19H27FN2O3. The third-order valence-corrected chi connectivity index (χ3v) is 4.95. The van der Waals surface area contributed by atoms with Crippen molar-refractivity contribution in [3.8, 4) is 0 Å². The molecule has 138 valence electrons. The summed E-state index contributed by atoms with van der Waals surface area (Å²) in [5, 5.41) is 12.0. The minimum absolute atomic E-state index is 0.117. The lowest BCUT2D eigenvalue weighted by Gasteiger charge is -2.33. The third kappa shape index (κ3) is 5.53. The third-order valence-electron chi connectivity index (χ3n) is 4.95. The largest absolute Gasteiger partial charge is 0.480 e. The molecule has 5 nitrogen and oxygen atoms in total. The van der Waals surface area contributed by atoms with Crippen LogP contribution in [0, 0.1) is 17.7 Å². The second-order valence-corrected chi connectivity index (χ2v) is 6.91. The molecule has 2 N–H and O–H groups in total. The minimum Gasteiger partial charge on any atom is -0.480 e. The first kappa shape index (κ1) is 19.4. The lowest BCUT2D eigenvalue weighted by molar-refractivity contribution is -0.144. The van der Waals surface area contributed by atoms with Gasteiger partial charge >= 0.3 is 5.97 Å². The summed E-state index contributed by atoms with van der Waals surface area (Å²) in [6, 6.07) is 5.62. The standard InChI is InChI=1S/C19H27FN2O3/c1-3-13(2)17(19(24)25)21-18(23)15-7-5-9-22(12-15)11-14-6-4-8-16(20)10-14/h4,6,8,10,13,15,17H,3,5,7,9,11-12H2,1-2H3,(H,21,23)(H,24,25)/t13-,15?,17-/m0/s1. The molecule has 6 heteroatoms. The number of carbonyl (C=O) groups excluding carboxylic acids is 1. The molecule has 1 aromatic carbocycles. The molecule has 0 radical (unpaired) electrons. The molecule has 1 fully saturated rings. The number of nitrogens with zero attached hydrogens (tertiary/aromatic N) is 1. The number of likely N-dealkylation sites (tertiary alicyclic amines) is 1. The molecule has 1 unspecified atom stereocenters. The van der Waals surface area contributed by atoms with E-state index in [0.717, 1.165) is 24.9 Å². The summed E-state index contributed by atoms with van der Waals surface area (Å²) < 4.78 is 13.3. The van der Waals surface area contributed by atoms with Gasteiger partial charge in [0.25, 0.3) is 0 Å². The number of amides is 1. The molecule has 0 aliphatic carbocycles. The Bertz CT molecular complexity index is 608. The van der Waals surface area contributed by atoms with E-state index in [9.17, 15) is 19.1 Å². The van der Waals surface area contributed by atoms with Gasteiger partial charge in [-0.05, 0) is 43.0 Å². The Hall–Kier alpha value is -1.95. The Balaban J connectivity index is 1.95. The van der Waals surface area contributed by atoms with Gasteiger partial charge in [-0.2, -0.15) is 0 Å². The molecule has 1 aliphatic heterocycles. The number of carboxylic acids is 1. The van der Waals surface area contributed by atoms with Gasteiger partial charge in [-0.15, -0.1) is 0 Å². The van der Waals surface area contributed by atoms with Gasteiger partial charge in [0.15, 0.2) is 0 Å². The Morgan fingerprint density at radius 1 is 1.44 bits per heavy atom. The maximum absolute atomic E-state index is 13.3. The molecular weight excluding hydrogens is 323 g/mol. The normalized spacial score (nSPS) is 20.7. The molecule has 0 spiro atoms. The highest BCUT2D eigenvalue weighted by atomic mass is 19.1. The number of carboxylic acid groups (broad SMARTS) is 1. The maximum Gasteiger partial charge on any atom is 0.326 e. The van der Waals surface area contributed by atoms with E-state index >= 15 is 0 Å². The van der Waals surface area contributed by atoms with E-state index in [1.807, 2.05) is 19.9 Å². The highest BCUT2D eigenvalue weighted by Crippen LogP contribution is 2.20. The highest BCUT2D eigenvalue weighted by molar-refractivity contribution is 5.85. The van der Waals surface area contributed by atoms with Gasteiger partial charge in [0.05, 0.1) is 5.92 Å². The first-order valence-corrected chi connectivity index (χ1v) is 8.90. The Kier molecular flexibility index (Phi) is 6.93. The minimum atomic E-state index is -0.991. The number of benzene rings is 1. The van der Waals surface area contributed by atoms with Crippen LogP contribution in [-0.4, -0.2) is 41.0 Å². The van der Waals surface area contributed by atoms with E-state index in [1.165, 1.54) is 12.1 Å². The van der Waals surface area contributed by atoms with Crippen LogP contribution in [0.3, 0.4) is 0 Å². The average molecular weight is 350 g/mol. The van der Waals surface area contributed by atoms with Crippen LogP contribution in [0.2, 0.25) is 0 Å². The van der Waals surface area contributed by atoms with Crippen molar-refractivity contribution in [1.29, 1.82) is 0 Å². The van der Waals surface area contributed by atoms with Gasteiger partial charge < -0.3 is 10.4 Å². The van der Waals surface area contributed by atoms with E-state index < -0.39 is 12.0 Å². The Morgan fingerprint density at radius 2 is 2.20 bits per heavy atom.